The van der Waals surface area contributed by atoms with E-state index in [4.69, 9.17) is 4.74 Å². The molecule has 0 unspecified atom stereocenters. The molecule has 0 aliphatic carbocycles. The minimum Gasteiger partial charge on any atom is -0.481 e. The summed E-state index contributed by atoms with van der Waals surface area (Å²) in [7, 11) is 1.55. The van der Waals surface area contributed by atoms with Gasteiger partial charge in [-0.25, -0.2) is 4.98 Å². The lowest BCUT2D eigenvalue weighted by Crippen LogP contribution is -2.20. The van der Waals surface area contributed by atoms with E-state index in [0.29, 0.717) is 12.4 Å². The number of nitrogens with zero attached hydrogens (tertiary/aromatic N) is 1. The average molecular weight is 269 g/mol. The van der Waals surface area contributed by atoms with Gasteiger partial charge in [0.2, 0.25) is 5.88 Å². The third kappa shape index (κ3) is 4.00. The SMILES string of the molecule is COc1ccc(CNC(=O)C#CBr)cn1. The van der Waals surface area contributed by atoms with Crippen molar-refractivity contribution in [1.82, 2.24) is 10.3 Å². The number of ether oxygens (including phenoxy) is 1. The largest absolute Gasteiger partial charge is 0.481 e. The van der Waals surface area contributed by atoms with Crippen molar-refractivity contribution < 1.29 is 9.53 Å². The summed E-state index contributed by atoms with van der Waals surface area (Å²) < 4.78 is 4.91. The molecular weight excluding hydrogens is 260 g/mol. The molecule has 1 N–H and O–H groups in total. The second-order valence-corrected chi connectivity index (χ2v) is 3.01. The normalized spacial score (nSPS) is 8.67. The number of halogens is 1. The van der Waals surface area contributed by atoms with Crippen LogP contribution in [0.5, 0.6) is 5.88 Å². The summed E-state index contributed by atoms with van der Waals surface area (Å²) >= 11 is 2.84. The summed E-state index contributed by atoms with van der Waals surface area (Å²) in [6.07, 6.45) is 1.64. The molecule has 0 aromatic carbocycles. The second kappa shape index (κ2) is 6.04. The Morgan fingerprint density at radius 1 is 1.67 bits per heavy atom. The maximum absolute atomic E-state index is 11.0. The molecule has 0 fully saturated rings. The van der Waals surface area contributed by atoms with Gasteiger partial charge in [0.15, 0.2) is 0 Å². The van der Waals surface area contributed by atoms with E-state index >= 15 is 0 Å². The van der Waals surface area contributed by atoms with E-state index in [2.05, 4.69) is 37.0 Å². The molecule has 1 aromatic heterocycles. The molecule has 0 spiro atoms. The minimum absolute atomic E-state index is 0.331. The van der Waals surface area contributed by atoms with E-state index in [-0.39, 0.29) is 5.91 Å². The number of hydrogen-bond acceptors (Lipinski definition) is 3. The highest BCUT2D eigenvalue weighted by Gasteiger charge is 1.97. The van der Waals surface area contributed by atoms with E-state index < -0.39 is 0 Å². The molecule has 1 heterocycles. The van der Waals surface area contributed by atoms with E-state index in [1.165, 1.54) is 0 Å². The summed E-state index contributed by atoms with van der Waals surface area (Å²) in [5.41, 5.74) is 0.889. The monoisotopic (exact) mass is 268 g/mol. The first-order valence-corrected chi connectivity index (χ1v) is 4.94. The van der Waals surface area contributed by atoms with Crippen molar-refractivity contribution in [2.24, 2.45) is 0 Å². The van der Waals surface area contributed by atoms with E-state index in [1.54, 1.807) is 19.4 Å². The highest BCUT2D eigenvalue weighted by atomic mass is 79.9. The molecule has 1 rings (SSSR count). The van der Waals surface area contributed by atoms with Crippen molar-refractivity contribution in [2.75, 3.05) is 7.11 Å². The average Bonchev–Trinajstić information content (AvgIpc) is 2.27. The third-order valence-corrected chi connectivity index (χ3v) is 1.82. The van der Waals surface area contributed by atoms with Gasteiger partial charge < -0.3 is 10.1 Å². The summed E-state index contributed by atoms with van der Waals surface area (Å²) in [6, 6.07) is 3.56. The predicted molar refractivity (Wildman–Crippen MR) is 59.3 cm³/mol. The molecule has 0 atom stereocenters. The fourth-order valence-corrected chi connectivity index (χ4v) is 1.09. The van der Waals surface area contributed by atoms with Gasteiger partial charge in [0, 0.05) is 40.7 Å². The fourth-order valence-electron chi connectivity index (χ4n) is 0.906. The number of nitrogens with one attached hydrogen (secondary N) is 1. The van der Waals surface area contributed by atoms with E-state index in [1.807, 2.05) is 6.07 Å². The van der Waals surface area contributed by atoms with Gasteiger partial charge in [0.1, 0.15) is 0 Å². The molecule has 1 aromatic rings. The van der Waals surface area contributed by atoms with Crippen LogP contribution in [0.3, 0.4) is 0 Å². The van der Waals surface area contributed by atoms with E-state index in [0.717, 1.165) is 5.56 Å². The molecule has 1 amide bonds. The number of carbonyl (C=O) groups is 1. The topological polar surface area (TPSA) is 51.2 Å². The Kier molecular flexibility index (Phi) is 4.64. The Hall–Kier alpha value is -1.54. The Labute approximate surface area is 96.2 Å². The maximum atomic E-state index is 11.0. The van der Waals surface area contributed by atoms with Crippen LogP contribution in [0.15, 0.2) is 18.3 Å². The molecule has 0 bridgehead atoms. The minimum atomic E-state index is -0.331. The number of carbonyl (C=O) groups excluding carboxylic acids is 1. The number of amides is 1. The lowest BCUT2D eigenvalue weighted by atomic mass is 10.3. The predicted octanol–water partition coefficient (Wildman–Crippen LogP) is 1.06. The first-order chi connectivity index (χ1) is 7.26. The maximum Gasteiger partial charge on any atom is 0.297 e. The molecule has 0 aliphatic heterocycles. The molecule has 0 aliphatic rings. The number of pyridine rings is 1. The Bertz CT molecular complexity index is 392. The number of aromatic nitrogens is 1. The molecule has 0 radical (unpaired) electrons. The summed E-state index contributed by atoms with van der Waals surface area (Å²) in [6.45, 7) is 0.400. The van der Waals surface area contributed by atoms with Crippen LogP contribution in [-0.2, 0) is 11.3 Å². The summed E-state index contributed by atoms with van der Waals surface area (Å²) in [4.78, 5) is 17.3. The Morgan fingerprint density at radius 3 is 3.00 bits per heavy atom. The molecule has 0 saturated heterocycles. The standard InChI is InChI=1S/C10H9BrN2O2/c1-15-10-3-2-8(7-13-10)6-12-9(14)4-5-11/h2-3,7H,6H2,1H3,(H,12,14). The lowest BCUT2D eigenvalue weighted by molar-refractivity contribution is -0.115. The zero-order valence-electron chi connectivity index (χ0n) is 8.08. The summed E-state index contributed by atoms with van der Waals surface area (Å²) in [5, 5.41) is 2.61. The van der Waals surface area contributed by atoms with Crippen LogP contribution in [0, 0.1) is 10.8 Å². The third-order valence-electron chi connectivity index (χ3n) is 1.62. The summed E-state index contributed by atoms with van der Waals surface area (Å²) in [5.74, 6) is 2.53. The van der Waals surface area contributed by atoms with Crippen LogP contribution in [0.25, 0.3) is 0 Å². The van der Waals surface area contributed by atoms with Gasteiger partial charge >= 0.3 is 0 Å². The van der Waals surface area contributed by atoms with Gasteiger partial charge in [-0.1, -0.05) is 6.07 Å². The van der Waals surface area contributed by atoms with Crippen LogP contribution in [-0.4, -0.2) is 18.0 Å². The van der Waals surface area contributed by atoms with Crippen LogP contribution < -0.4 is 10.1 Å². The lowest BCUT2D eigenvalue weighted by Gasteiger charge is -2.02. The van der Waals surface area contributed by atoms with Gasteiger partial charge in [0.25, 0.3) is 5.91 Å². The first kappa shape index (κ1) is 11.5. The van der Waals surface area contributed by atoms with Gasteiger partial charge in [-0.3, -0.25) is 4.79 Å². The molecule has 5 heteroatoms. The van der Waals surface area contributed by atoms with Crippen LogP contribution in [0.1, 0.15) is 5.56 Å². The van der Waals surface area contributed by atoms with Crippen molar-refractivity contribution >= 4 is 21.8 Å². The van der Waals surface area contributed by atoms with Crippen molar-refractivity contribution in [3.05, 3.63) is 23.9 Å². The van der Waals surface area contributed by atoms with Gasteiger partial charge in [-0.2, -0.15) is 0 Å². The van der Waals surface area contributed by atoms with E-state index in [9.17, 15) is 4.79 Å². The highest BCUT2D eigenvalue weighted by molar-refractivity contribution is 9.12. The zero-order valence-corrected chi connectivity index (χ0v) is 9.67. The molecule has 0 saturated carbocycles. The first-order valence-electron chi connectivity index (χ1n) is 4.14. The van der Waals surface area contributed by atoms with Gasteiger partial charge in [-0.05, 0) is 10.4 Å². The van der Waals surface area contributed by atoms with Crippen molar-refractivity contribution in [1.29, 1.82) is 0 Å². The number of methoxy groups -OCH3 is 1. The van der Waals surface area contributed by atoms with Gasteiger partial charge in [-0.15, -0.1) is 0 Å². The van der Waals surface area contributed by atoms with Crippen molar-refractivity contribution in [3.8, 4) is 16.6 Å². The Morgan fingerprint density at radius 2 is 2.47 bits per heavy atom. The van der Waals surface area contributed by atoms with Crippen LogP contribution in [0.2, 0.25) is 0 Å². The number of rotatable bonds is 3. The molecule has 78 valence electrons. The quantitative estimate of drug-likeness (QED) is 0.835. The molecular formula is C10H9BrN2O2. The van der Waals surface area contributed by atoms with Crippen LogP contribution >= 0.6 is 15.9 Å². The van der Waals surface area contributed by atoms with Crippen LogP contribution in [0.4, 0.5) is 0 Å². The van der Waals surface area contributed by atoms with Crippen molar-refractivity contribution in [3.63, 3.8) is 0 Å². The second-order valence-electron chi connectivity index (χ2n) is 2.61. The zero-order chi connectivity index (χ0) is 11.1. The smallest absolute Gasteiger partial charge is 0.297 e. The number of hydrogen-bond donors (Lipinski definition) is 1. The fraction of sp³-hybridized carbons (Fsp3) is 0.200. The van der Waals surface area contributed by atoms with Gasteiger partial charge in [0.05, 0.1) is 7.11 Å². The highest BCUT2D eigenvalue weighted by Crippen LogP contribution is 2.05. The molecule has 4 nitrogen and oxygen atoms in total. The molecule has 15 heavy (non-hydrogen) atoms. The van der Waals surface area contributed by atoms with Crippen molar-refractivity contribution in [2.45, 2.75) is 6.54 Å². The Balaban J connectivity index is 2.50.